The van der Waals surface area contributed by atoms with Crippen LogP contribution in [0.15, 0.2) is 11.6 Å². The standard InChI is InChI=1S/C19H34N4O2/c1-15(2)7-11-22-12-8-20-18(25)16(22)13-17(24)21-14-19(3,4)23-9-5-6-10-23/h7,16H,5-6,8-14H2,1-4H3,(H,20,25)(H,21,24)/t16-/m1/s1. The van der Waals surface area contributed by atoms with Crippen molar-refractivity contribution in [2.45, 2.75) is 58.5 Å². The summed E-state index contributed by atoms with van der Waals surface area (Å²) in [4.78, 5) is 29.2. The minimum absolute atomic E-state index is 0.0390. The molecular formula is C19H34N4O2. The third-order valence-electron chi connectivity index (χ3n) is 5.23. The van der Waals surface area contributed by atoms with Crippen molar-refractivity contribution in [2.24, 2.45) is 0 Å². The van der Waals surface area contributed by atoms with E-state index in [4.69, 9.17) is 0 Å². The Morgan fingerprint density at radius 3 is 2.60 bits per heavy atom. The fourth-order valence-corrected chi connectivity index (χ4v) is 3.50. The summed E-state index contributed by atoms with van der Waals surface area (Å²) < 4.78 is 0. The van der Waals surface area contributed by atoms with Crippen molar-refractivity contribution in [2.75, 3.05) is 39.3 Å². The van der Waals surface area contributed by atoms with Gasteiger partial charge in [0.2, 0.25) is 11.8 Å². The molecule has 6 nitrogen and oxygen atoms in total. The molecule has 6 heteroatoms. The maximum atomic E-state index is 12.5. The Bertz CT molecular complexity index is 506. The highest BCUT2D eigenvalue weighted by atomic mass is 16.2. The van der Waals surface area contributed by atoms with E-state index in [0.717, 1.165) is 19.6 Å². The van der Waals surface area contributed by atoms with E-state index in [1.165, 1.54) is 18.4 Å². The van der Waals surface area contributed by atoms with Crippen LogP contribution in [0, 0.1) is 0 Å². The van der Waals surface area contributed by atoms with Crippen LogP contribution in [0.5, 0.6) is 0 Å². The van der Waals surface area contributed by atoms with Gasteiger partial charge >= 0.3 is 0 Å². The second-order valence-electron chi connectivity index (χ2n) is 8.07. The second-order valence-corrected chi connectivity index (χ2v) is 8.07. The minimum Gasteiger partial charge on any atom is -0.354 e. The van der Waals surface area contributed by atoms with E-state index >= 15 is 0 Å². The SMILES string of the molecule is CC(C)=CCN1CCNC(=O)[C@H]1CC(=O)NCC(C)(C)N1CCCC1. The maximum Gasteiger partial charge on any atom is 0.237 e. The van der Waals surface area contributed by atoms with Crippen LogP contribution in [-0.4, -0.2) is 72.5 Å². The van der Waals surface area contributed by atoms with E-state index in [2.05, 4.69) is 40.4 Å². The summed E-state index contributed by atoms with van der Waals surface area (Å²) in [5.41, 5.74) is 1.18. The lowest BCUT2D eigenvalue weighted by Crippen LogP contribution is -2.57. The third-order valence-corrected chi connectivity index (χ3v) is 5.23. The highest BCUT2D eigenvalue weighted by molar-refractivity contribution is 5.88. The Balaban J connectivity index is 1.87. The first-order chi connectivity index (χ1) is 11.8. The van der Waals surface area contributed by atoms with Crippen LogP contribution >= 0.6 is 0 Å². The van der Waals surface area contributed by atoms with Crippen molar-refractivity contribution in [3.8, 4) is 0 Å². The van der Waals surface area contributed by atoms with E-state index in [9.17, 15) is 9.59 Å². The van der Waals surface area contributed by atoms with Crippen LogP contribution in [-0.2, 0) is 9.59 Å². The normalized spacial score (nSPS) is 22.6. The number of allylic oxidation sites excluding steroid dienone is 1. The molecule has 2 rings (SSSR count). The number of nitrogens with zero attached hydrogens (tertiary/aromatic N) is 2. The molecule has 0 aromatic heterocycles. The maximum absolute atomic E-state index is 12.5. The molecule has 2 fully saturated rings. The lowest BCUT2D eigenvalue weighted by atomic mass is 10.0. The molecule has 0 saturated carbocycles. The molecule has 0 spiro atoms. The molecule has 0 radical (unpaired) electrons. The van der Waals surface area contributed by atoms with Crippen molar-refractivity contribution in [1.82, 2.24) is 20.4 Å². The average molecular weight is 351 g/mol. The summed E-state index contributed by atoms with van der Waals surface area (Å²) in [7, 11) is 0. The Morgan fingerprint density at radius 2 is 1.96 bits per heavy atom. The Labute approximate surface area is 152 Å². The van der Waals surface area contributed by atoms with E-state index in [0.29, 0.717) is 19.6 Å². The van der Waals surface area contributed by atoms with E-state index in [1.807, 2.05) is 13.8 Å². The van der Waals surface area contributed by atoms with Crippen LogP contribution < -0.4 is 10.6 Å². The number of amides is 2. The van der Waals surface area contributed by atoms with Gasteiger partial charge in [-0.25, -0.2) is 0 Å². The summed E-state index contributed by atoms with van der Waals surface area (Å²) in [5, 5.41) is 5.93. The summed E-state index contributed by atoms with van der Waals surface area (Å²) >= 11 is 0. The lowest BCUT2D eigenvalue weighted by Gasteiger charge is -2.36. The van der Waals surface area contributed by atoms with Gasteiger partial charge in [0.1, 0.15) is 0 Å². The molecule has 142 valence electrons. The van der Waals surface area contributed by atoms with Crippen molar-refractivity contribution in [3.63, 3.8) is 0 Å². The number of carbonyl (C=O) groups is 2. The van der Waals surface area contributed by atoms with E-state index in [1.54, 1.807) is 0 Å². The van der Waals surface area contributed by atoms with Crippen LogP contribution in [0.25, 0.3) is 0 Å². The number of hydrogen-bond donors (Lipinski definition) is 2. The van der Waals surface area contributed by atoms with E-state index < -0.39 is 0 Å². The first kappa shape index (κ1) is 19.9. The molecule has 2 heterocycles. The Hall–Kier alpha value is -1.40. The Kier molecular flexibility index (Phi) is 7.02. The number of carbonyl (C=O) groups excluding carboxylic acids is 2. The summed E-state index contributed by atoms with van der Waals surface area (Å²) in [6, 6.07) is -0.376. The predicted octanol–water partition coefficient (Wildman–Crippen LogP) is 1.13. The van der Waals surface area contributed by atoms with Gasteiger partial charge in [-0.1, -0.05) is 11.6 Å². The zero-order valence-electron chi connectivity index (χ0n) is 16.2. The van der Waals surface area contributed by atoms with Gasteiger partial charge in [0, 0.05) is 31.7 Å². The molecule has 0 bridgehead atoms. The molecule has 25 heavy (non-hydrogen) atoms. The predicted molar refractivity (Wildman–Crippen MR) is 100 cm³/mol. The van der Waals surface area contributed by atoms with E-state index in [-0.39, 0.29) is 29.8 Å². The van der Waals surface area contributed by atoms with Crippen molar-refractivity contribution in [3.05, 3.63) is 11.6 Å². The fraction of sp³-hybridized carbons (Fsp3) is 0.789. The number of likely N-dealkylation sites (tertiary alicyclic amines) is 1. The monoisotopic (exact) mass is 350 g/mol. The highest BCUT2D eigenvalue weighted by Crippen LogP contribution is 2.20. The molecule has 2 amide bonds. The van der Waals surface area contributed by atoms with Gasteiger partial charge in [-0.3, -0.25) is 19.4 Å². The fourth-order valence-electron chi connectivity index (χ4n) is 3.50. The molecule has 0 aromatic carbocycles. The van der Waals surface area contributed by atoms with Gasteiger partial charge in [0.05, 0.1) is 12.5 Å². The number of piperazine rings is 1. The first-order valence-corrected chi connectivity index (χ1v) is 9.46. The quantitative estimate of drug-likeness (QED) is 0.676. The third kappa shape index (κ3) is 5.82. The molecule has 0 aliphatic carbocycles. The molecule has 2 aliphatic rings. The van der Waals surface area contributed by atoms with Gasteiger partial charge in [-0.15, -0.1) is 0 Å². The largest absolute Gasteiger partial charge is 0.354 e. The highest BCUT2D eigenvalue weighted by Gasteiger charge is 2.33. The molecular weight excluding hydrogens is 316 g/mol. The number of hydrogen-bond acceptors (Lipinski definition) is 4. The van der Waals surface area contributed by atoms with Crippen LogP contribution in [0.2, 0.25) is 0 Å². The van der Waals surface area contributed by atoms with Gasteiger partial charge < -0.3 is 10.6 Å². The molecule has 1 atom stereocenters. The van der Waals surface area contributed by atoms with Gasteiger partial charge in [0.25, 0.3) is 0 Å². The summed E-state index contributed by atoms with van der Waals surface area (Å²) in [6.07, 6.45) is 4.80. The lowest BCUT2D eigenvalue weighted by molar-refractivity contribution is -0.133. The van der Waals surface area contributed by atoms with Crippen molar-refractivity contribution in [1.29, 1.82) is 0 Å². The van der Waals surface area contributed by atoms with Gasteiger partial charge in [0.15, 0.2) is 0 Å². The van der Waals surface area contributed by atoms with Crippen molar-refractivity contribution >= 4 is 11.8 Å². The van der Waals surface area contributed by atoms with Crippen LogP contribution in [0.1, 0.15) is 47.0 Å². The zero-order valence-corrected chi connectivity index (χ0v) is 16.2. The van der Waals surface area contributed by atoms with Gasteiger partial charge in [-0.05, 0) is 53.6 Å². The number of nitrogens with one attached hydrogen (secondary N) is 2. The molecule has 2 N–H and O–H groups in total. The molecule has 0 aromatic rings. The zero-order chi connectivity index (χ0) is 18.4. The van der Waals surface area contributed by atoms with Crippen LogP contribution in [0.3, 0.4) is 0 Å². The van der Waals surface area contributed by atoms with Crippen LogP contribution in [0.4, 0.5) is 0 Å². The average Bonchev–Trinajstić information content (AvgIpc) is 3.09. The minimum atomic E-state index is -0.376. The molecule has 2 aliphatic heterocycles. The summed E-state index contributed by atoms with van der Waals surface area (Å²) in [6.45, 7) is 13.4. The Morgan fingerprint density at radius 1 is 1.28 bits per heavy atom. The van der Waals surface area contributed by atoms with Crippen molar-refractivity contribution < 1.29 is 9.59 Å². The molecule has 0 unspecified atom stereocenters. The second kappa shape index (κ2) is 8.81. The smallest absolute Gasteiger partial charge is 0.237 e. The molecule has 2 saturated heterocycles. The summed E-state index contributed by atoms with van der Waals surface area (Å²) in [5.74, 6) is -0.0844. The first-order valence-electron chi connectivity index (χ1n) is 9.46. The van der Waals surface area contributed by atoms with Gasteiger partial charge in [-0.2, -0.15) is 0 Å². The topological polar surface area (TPSA) is 64.7 Å². The number of rotatable bonds is 7.